The van der Waals surface area contributed by atoms with Crippen molar-refractivity contribution in [2.75, 3.05) is 10.6 Å². The summed E-state index contributed by atoms with van der Waals surface area (Å²) in [6, 6.07) is 31.5. The average molecular weight is 738 g/mol. The monoisotopic (exact) mass is 736 g/mol. The molecule has 0 atom stereocenters. The van der Waals surface area contributed by atoms with Crippen molar-refractivity contribution in [3.63, 3.8) is 0 Å². The molecule has 0 aliphatic carbocycles. The molecular formula is C39H35BrF2N6O2. The lowest BCUT2D eigenvalue weighted by atomic mass is 10.1. The SMILES string of the molecule is C=CCc1ccc(CC(=O)Nc2ccn(Cc3ccc(F)cc3)n2)cc1.O=C(Cc1ccc(Br)cc1)Nc1ccn(Cc2ccc(F)cc2)n1. The van der Waals surface area contributed by atoms with Crippen LogP contribution in [0.3, 0.4) is 0 Å². The first-order chi connectivity index (χ1) is 24.2. The van der Waals surface area contributed by atoms with Crippen LogP contribution in [0.2, 0.25) is 0 Å². The number of anilines is 2. The van der Waals surface area contributed by atoms with Crippen LogP contribution in [0.4, 0.5) is 20.4 Å². The van der Waals surface area contributed by atoms with Crippen LogP contribution >= 0.6 is 15.9 Å². The Morgan fingerprint density at radius 2 is 0.980 bits per heavy atom. The van der Waals surface area contributed by atoms with Gasteiger partial charge in [-0.15, -0.1) is 6.58 Å². The number of halogens is 3. The van der Waals surface area contributed by atoms with Crippen LogP contribution in [0.1, 0.15) is 27.8 Å². The number of allylic oxidation sites excluding steroid dienone is 1. The van der Waals surface area contributed by atoms with Gasteiger partial charge in [-0.25, -0.2) is 8.78 Å². The Balaban J connectivity index is 0.000000195. The summed E-state index contributed by atoms with van der Waals surface area (Å²) in [5.74, 6) is 0.234. The summed E-state index contributed by atoms with van der Waals surface area (Å²) in [5.41, 5.74) is 4.92. The number of aromatic nitrogens is 4. The van der Waals surface area contributed by atoms with Gasteiger partial charge < -0.3 is 10.6 Å². The van der Waals surface area contributed by atoms with Gasteiger partial charge in [-0.1, -0.05) is 82.7 Å². The first kappa shape index (κ1) is 35.6. The molecule has 0 unspecified atom stereocenters. The number of hydrogen-bond acceptors (Lipinski definition) is 4. The van der Waals surface area contributed by atoms with E-state index in [0.29, 0.717) is 31.1 Å². The zero-order valence-electron chi connectivity index (χ0n) is 27.1. The van der Waals surface area contributed by atoms with Crippen LogP contribution in [0, 0.1) is 11.6 Å². The van der Waals surface area contributed by atoms with E-state index in [9.17, 15) is 18.4 Å². The van der Waals surface area contributed by atoms with Crippen molar-refractivity contribution in [2.45, 2.75) is 32.4 Å². The van der Waals surface area contributed by atoms with Gasteiger partial charge >= 0.3 is 0 Å². The van der Waals surface area contributed by atoms with E-state index in [1.54, 1.807) is 58.2 Å². The Bertz CT molecular complexity index is 2010. The summed E-state index contributed by atoms with van der Waals surface area (Å²) in [6.07, 6.45) is 6.81. The van der Waals surface area contributed by atoms with Crippen LogP contribution in [0.15, 0.2) is 139 Å². The fourth-order valence-corrected chi connectivity index (χ4v) is 5.16. The largest absolute Gasteiger partial charge is 0.309 e. The Kier molecular flexibility index (Phi) is 12.6. The highest BCUT2D eigenvalue weighted by atomic mass is 79.9. The Morgan fingerprint density at radius 3 is 1.40 bits per heavy atom. The summed E-state index contributed by atoms with van der Waals surface area (Å²) < 4.78 is 30.2. The van der Waals surface area contributed by atoms with Crippen molar-refractivity contribution >= 4 is 39.4 Å². The molecule has 4 aromatic carbocycles. The molecule has 6 rings (SSSR count). The standard InChI is InChI=1S/C21H20FN3O.C18H15BrFN3O/c1-2-3-16-4-6-17(7-5-16)14-21(26)23-20-12-13-25(24-20)15-18-8-10-19(22)11-9-18;19-15-5-1-13(2-6-15)11-18(24)21-17-9-10-23(22-17)12-14-3-7-16(20)8-4-14/h2,4-13H,1,3,14-15H2,(H,23,24,26);1-10H,11-12H2,(H,21,22,24). The fourth-order valence-electron chi connectivity index (χ4n) is 4.89. The molecule has 0 saturated heterocycles. The second-order valence-electron chi connectivity index (χ2n) is 11.4. The van der Waals surface area contributed by atoms with Crippen LogP contribution < -0.4 is 10.6 Å². The molecule has 0 saturated carbocycles. The van der Waals surface area contributed by atoms with E-state index in [2.05, 4.69) is 43.3 Å². The third-order valence-corrected chi connectivity index (χ3v) is 7.91. The molecule has 8 nitrogen and oxygen atoms in total. The molecule has 0 aliphatic rings. The lowest BCUT2D eigenvalue weighted by molar-refractivity contribution is -0.116. The number of carbonyl (C=O) groups excluding carboxylic acids is 2. The van der Waals surface area contributed by atoms with E-state index in [4.69, 9.17) is 0 Å². The minimum Gasteiger partial charge on any atom is -0.309 e. The van der Waals surface area contributed by atoms with Crippen molar-refractivity contribution in [1.82, 2.24) is 19.6 Å². The minimum atomic E-state index is -0.264. The topological polar surface area (TPSA) is 93.8 Å². The Morgan fingerprint density at radius 1 is 0.600 bits per heavy atom. The highest BCUT2D eigenvalue weighted by Gasteiger charge is 2.09. The van der Waals surface area contributed by atoms with Gasteiger partial charge in [-0.2, -0.15) is 10.2 Å². The zero-order valence-corrected chi connectivity index (χ0v) is 28.7. The van der Waals surface area contributed by atoms with E-state index in [1.165, 1.54) is 29.8 Å². The molecule has 0 fully saturated rings. The quantitative estimate of drug-likeness (QED) is 0.125. The molecule has 2 aromatic heterocycles. The van der Waals surface area contributed by atoms with Gasteiger partial charge in [0.1, 0.15) is 11.6 Å². The molecule has 0 radical (unpaired) electrons. The van der Waals surface area contributed by atoms with E-state index in [0.717, 1.165) is 33.1 Å². The maximum Gasteiger partial charge on any atom is 0.229 e. The minimum absolute atomic E-state index is 0.117. The smallest absolute Gasteiger partial charge is 0.229 e. The van der Waals surface area contributed by atoms with E-state index < -0.39 is 0 Å². The second-order valence-corrected chi connectivity index (χ2v) is 12.4. The molecule has 6 aromatic rings. The van der Waals surface area contributed by atoms with Crippen molar-refractivity contribution in [2.24, 2.45) is 0 Å². The highest BCUT2D eigenvalue weighted by molar-refractivity contribution is 9.10. The summed E-state index contributed by atoms with van der Waals surface area (Å²) in [5, 5.41) is 14.2. The molecule has 0 spiro atoms. The normalized spacial score (nSPS) is 10.5. The van der Waals surface area contributed by atoms with Crippen molar-refractivity contribution in [1.29, 1.82) is 0 Å². The third-order valence-electron chi connectivity index (χ3n) is 7.38. The maximum absolute atomic E-state index is 12.9. The van der Waals surface area contributed by atoms with E-state index >= 15 is 0 Å². The second kappa shape index (κ2) is 17.6. The molecule has 2 amide bonds. The Labute approximate surface area is 297 Å². The summed E-state index contributed by atoms with van der Waals surface area (Å²) in [6.45, 7) is 4.75. The third kappa shape index (κ3) is 11.5. The van der Waals surface area contributed by atoms with Crippen LogP contribution in [0.25, 0.3) is 0 Å². The van der Waals surface area contributed by atoms with Crippen molar-refractivity contribution < 1.29 is 18.4 Å². The number of hydrogen-bond donors (Lipinski definition) is 2. The van der Waals surface area contributed by atoms with E-state index in [1.807, 2.05) is 54.6 Å². The molecule has 2 heterocycles. The lowest BCUT2D eigenvalue weighted by Crippen LogP contribution is -2.15. The first-order valence-electron chi connectivity index (χ1n) is 15.8. The van der Waals surface area contributed by atoms with Crippen molar-refractivity contribution in [3.8, 4) is 0 Å². The summed E-state index contributed by atoms with van der Waals surface area (Å²) >= 11 is 3.37. The maximum atomic E-state index is 12.9. The molecule has 50 heavy (non-hydrogen) atoms. The zero-order chi connectivity index (χ0) is 35.3. The molecule has 0 bridgehead atoms. The predicted molar refractivity (Wildman–Crippen MR) is 195 cm³/mol. The van der Waals surface area contributed by atoms with Gasteiger partial charge in [0.2, 0.25) is 11.8 Å². The van der Waals surface area contributed by atoms with Gasteiger partial charge in [0.05, 0.1) is 25.9 Å². The molecule has 11 heteroatoms. The lowest BCUT2D eigenvalue weighted by Gasteiger charge is -2.04. The van der Waals surface area contributed by atoms with Crippen LogP contribution in [0.5, 0.6) is 0 Å². The van der Waals surface area contributed by atoms with Gasteiger partial charge in [0.25, 0.3) is 0 Å². The first-order valence-corrected chi connectivity index (χ1v) is 16.6. The summed E-state index contributed by atoms with van der Waals surface area (Å²) in [7, 11) is 0. The highest BCUT2D eigenvalue weighted by Crippen LogP contribution is 2.13. The molecule has 2 N–H and O–H groups in total. The van der Waals surface area contributed by atoms with Crippen LogP contribution in [-0.4, -0.2) is 31.4 Å². The van der Waals surface area contributed by atoms with Gasteiger partial charge in [-0.3, -0.25) is 19.0 Å². The molecule has 0 aliphatic heterocycles. The number of amides is 2. The Hall–Kier alpha value is -5.68. The number of carbonyl (C=O) groups is 2. The number of nitrogens with one attached hydrogen (secondary N) is 2. The molecule has 254 valence electrons. The van der Waals surface area contributed by atoms with Gasteiger partial charge in [0, 0.05) is 29.0 Å². The van der Waals surface area contributed by atoms with Crippen molar-refractivity contribution in [3.05, 3.63) is 178 Å². The fraction of sp³-hybridized carbons (Fsp3) is 0.128. The number of rotatable bonds is 12. The number of nitrogens with zero attached hydrogens (tertiary/aromatic N) is 4. The van der Waals surface area contributed by atoms with E-state index in [-0.39, 0.29) is 29.9 Å². The predicted octanol–water partition coefficient (Wildman–Crippen LogP) is 7.99. The molecular weight excluding hydrogens is 702 g/mol. The van der Waals surface area contributed by atoms with Gasteiger partial charge in [0.15, 0.2) is 11.6 Å². The van der Waals surface area contributed by atoms with Crippen LogP contribution in [-0.2, 0) is 41.9 Å². The van der Waals surface area contributed by atoms with Gasteiger partial charge in [-0.05, 0) is 70.6 Å². The summed E-state index contributed by atoms with van der Waals surface area (Å²) in [4.78, 5) is 24.2. The number of benzene rings is 4. The average Bonchev–Trinajstić information content (AvgIpc) is 3.74.